The van der Waals surface area contributed by atoms with E-state index in [0.717, 1.165) is 11.8 Å². The maximum absolute atomic E-state index is 12.5. The topological polar surface area (TPSA) is 163 Å². The van der Waals surface area contributed by atoms with Crippen LogP contribution in [0, 0.1) is 0 Å². The van der Waals surface area contributed by atoms with E-state index in [0.29, 0.717) is 22.7 Å². The molecular weight excluding hydrogens is 464 g/mol. The quantitative estimate of drug-likeness (QED) is 0.204. The van der Waals surface area contributed by atoms with E-state index < -0.39 is 27.9 Å². The van der Waals surface area contributed by atoms with E-state index >= 15 is 0 Å². The highest BCUT2D eigenvalue weighted by Crippen LogP contribution is 2.41. The molecule has 11 nitrogen and oxygen atoms in total. The van der Waals surface area contributed by atoms with Gasteiger partial charge in [0.2, 0.25) is 5.89 Å². The smallest absolute Gasteiger partial charge is 0.352 e. The molecule has 0 aliphatic carbocycles. The summed E-state index contributed by atoms with van der Waals surface area (Å²) >= 11 is 7.55. The largest absolute Gasteiger partial charge is 0.477 e. The summed E-state index contributed by atoms with van der Waals surface area (Å²) in [7, 11) is -4.30. The number of fused-ring (bicyclic) bond motifs is 1. The van der Waals surface area contributed by atoms with Crippen molar-refractivity contribution in [2.24, 2.45) is 0 Å². The minimum atomic E-state index is -4.30. The van der Waals surface area contributed by atoms with E-state index in [9.17, 15) is 23.1 Å². The van der Waals surface area contributed by atoms with E-state index in [4.69, 9.17) is 21.2 Å². The van der Waals surface area contributed by atoms with Gasteiger partial charge in [-0.3, -0.25) is 14.2 Å². The van der Waals surface area contributed by atoms with Crippen LogP contribution in [0.4, 0.5) is 0 Å². The van der Waals surface area contributed by atoms with Crippen molar-refractivity contribution in [1.82, 2.24) is 20.4 Å². The Morgan fingerprint density at radius 1 is 1.48 bits per heavy atom. The molecule has 0 saturated carbocycles. The molecule has 15 heteroatoms. The van der Waals surface area contributed by atoms with Gasteiger partial charge in [0.15, 0.2) is 5.75 Å². The fraction of sp³-hybridized carbons (Fsp3) is 0.500. The molecule has 0 radical (unpaired) electrons. The van der Waals surface area contributed by atoms with E-state index in [1.165, 1.54) is 16.7 Å². The number of nitrogens with zero attached hydrogens (tertiary/aromatic N) is 3. The number of rotatable bonds is 8. The van der Waals surface area contributed by atoms with Crippen LogP contribution < -0.4 is 5.32 Å². The maximum atomic E-state index is 12.5. The van der Waals surface area contributed by atoms with Gasteiger partial charge in [0.25, 0.3) is 21.2 Å². The lowest BCUT2D eigenvalue weighted by Crippen LogP contribution is -2.70. The summed E-state index contributed by atoms with van der Waals surface area (Å²) < 4.78 is 35.6. The number of aliphatic carboxylic acids is 1. The van der Waals surface area contributed by atoms with E-state index in [1.54, 1.807) is 0 Å². The Hall–Kier alpha value is -1.68. The molecule has 3 heterocycles. The number of carboxylic acids is 1. The Balaban J connectivity index is 1.71. The molecule has 0 spiro atoms. The first kappa shape index (κ1) is 22.0. The summed E-state index contributed by atoms with van der Waals surface area (Å²) in [6.45, 7) is 1.86. The Kier molecular flexibility index (Phi) is 6.52. The molecule has 1 aromatic heterocycles. The normalized spacial score (nSPS) is 21.6. The van der Waals surface area contributed by atoms with Crippen LogP contribution in [0.5, 0.6) is 0 Å². The summed E-state index contributed by atoms with van der Waals surface area (Å²) in [6.07, 6.45) is 0.587. The molecule has 1 fully saturated rings. The molecule has 1 aromatic rings. The third kappa shape index (κ3) is 4.91. The predicted molar refractivity (Wildman–Crippen MR) is 108 cm³/mol. The van der Waals surface area contributed by atoms with Crippen molar-refractivity contribution in [2.75, 3.05) is 11.5 Å². The molecule has 158 valence electrons. The Bertz CT molecular complexity index is 990. The number of β-lactam (4-membered cyclic amide) rings is 1. The molecule has 0 aromatic carbocycles. The fourth-order valence-electron chi connectivity index (χ4n) is 2.73. The summed E-state index contributed by atoms with van der Waals surface area (Å²) in [4.78, 5) is 26.1. The maximum Gasteiger partial charge on any atom is 0.352 e. The number of nitrogens with one attached hydrogen (secondary N) is 1. The molecular formula is C14H16N4O7S4. The monoisotopic (exact) mass is 480 g/mol. The van der Waals surface area contributed by atoms with Gasteiger partial charge in [0.05, 0.1) is 4.99 Å². The highest BCUT2D eigenvalue weighted by molar-refractivity contribution is 8.01. The lowest BCUT2D eigenvalue weighted by atomic mass is 10.0. The van der Waals surface area contributed by atoms with E-state index in [-0.39, 0.29) is 33.8 Å². The third-order valence-electron chi connectivity index (χ3n) is 4.01. The first-order chi connectivity index (χ1) is 13.6. The van der Waals surface area contributed by atoms with Crippen LogP contribution in [0.25, 0.3) is 0 Å². The molecule has 2 aliphatic rings. The number of hydrogen-bond acceptors (Lipinski definition) is 10. The zero-order chi connectivity index (χ0) is 21.3. The molecule has 1 unspecified atom stereocenters. The second kappa shape index (κ2) is 8.59. The minimum Gasteiger partial charge on any atom is -0.477 e. The Morgan fingerprint density at radius 3 is 2.83 bits per heavy atom. The summed E-state index contributed by atoms with van der Waals surface area (Å²) in [5, 5.41) is 19.4. The third-order valence-corrected chi connectivity index (χ3v) is 7.27. The second-order valence-electron chi connectivity index (χ2n) is 6.04. The van der Waals surface area contributed by atoms with Gasteiger partial charge in [-0.1, -0.05) is 30.9 Å². The van der Waals surface area contributed by atoms with Crippen molar-refractivity contribution in [2.45, 2.75) is 35.7 Å². The van der Waals surface area contributed by atoms with Crippen LogP contribution in [0.2, 0.25) is 0 Å². The molecule has 0 bridgehead atoms. The molecule has 2 atom stereocenters. The average molecular weight is 481 g/mol. The highest BCUT2D eigenvalue weighted by Gasteiger charge is 2.53. The van der Waals surface area contributed by atoms with Gasteiger partial charge in [-0.2, -0.15) is 8.42 Å². The molecule has 1 amide bonds. The summed E-state index contributed by atoms with van der Waals surface area (Å²) in [5.41, 5.74) is 0.424. The molecule has 3 N–H and O–H groups in total. The van der Waals surface area contributed by atoms with Crippen molar-refractivity contribution in [3.63, 3.8) is 0 Å². The Labute approximate surface area is 179 Å². The van der Waals surface area contributed by atoms with Gasteiger partial charge >= 0.3 is 5.97 Å². The van der Waals surface area contributed by atoms with Crippen LogP contribution >= 0.6 is 35.7 Å². The molecule has 2 aliphatic heterocycles. The number of carboxylic acid groups (broad SMARTS) is 1. The van der Waals surface area contributed by atoms with E-state index in [1.807, 2.05) is 6.92 Å². The standard InChI is InChI=1S/C14H16N4O7S4/c1-2-8(26)15-9-11(19)18-10(13(20)21)6(3-27-12(9)18)4-28-14-17-16-7(25-14)5-29(22,23)24/h9,12H,2-5H2,1H3,(H,15,26)(H,20,21)(H,22,23,24)/t9?,12-/m1/s1. The molecule has 1 saturated heterocycles. The van der Waals surface area contributed by atoms with Crippen molar-refractivity contribution in [3.05, 3.63) is 17.2 Å². The SMILES string of the molecule is CCC(=S)NC1C(=O)N2C(C(=O)O)=C(CSc3nnc(CS(=O)(=O)O)o3)CS[C@H]12. The van der Waals surface area contributed by atoms with E-state index in [2.05, 4.69) is 15.5 Å². The molecule has 3 rings (SSSR count). The first-order valence-corrected chi connectivity index (χ1v) is 12.3. The number of hydrogen-bond donors (Lipinski definition) is 3. The zero-order valence-corrected chi connectivity index (χ0v) is 18.2. The first-order valence-electron chi connectivity index (χ1n) is 8.20. The molecule has 29 heavy (non-hydrogen) atoms. The average Bonchev–Trinajstić information content (AvgIpc) is 3.08. The Morgan fingerprint density at radius 2 is 2.21 bits per heavy atom. The van der Waals surface area contributed by atoms with Gasteiger partial charge in [-0.25, -0.2) is 4.79 Å². The fourth-order valence-corrected chi connectivity index (χ4v) is 5.55. The van der Waals surface area contributed by atoms with Crippen LogP contribution in [-0.4, -0.2) is 73.0 Å². The summed E-state index contributed by atoms with van der Waals surface area (Å²) in [5.74, 6) is -2.12. The lowest BCUT2D eigenvalue weighted by Gasteiger charge is -2.49. The minimum absolute atomic E-state index is 0.0239. The number of aromatic nitrogens is 2. The summed E-state index contributed by atoms with van der Waals surface area (Å²) in [6, 6.07) is -0.546. The van der Waals surface area contributed by atoms with Crippen LogP contribution in [-0.2, 0) is 25.5 Å². The lowest BCUT2D eigenvalue weighted by molar-refractivity contribution is -0.148. The predicted octanol–water partition coefficient (Wildman–Crippen LogP) is 0.499. The van der Waals surface area contributed by atoms with Crippen molar-refractivity contribution in [1.29, 1.82) is 0 Å². The number of thioether (sulfide) groups is 2. The van der Waals surface area contributed by atoms with Gasteiger partial charge < -0.3 is 14.8 Å². The number of amides is 1. The number of carbonyl (C=O) groups excluding carboxylic acids is 1. The number of thiocarbonyl (C=S) groups is 1. The van der Waals surface area contributed by atoms with Crippen molar-refractivity contribution in [3.8, 4) is 0 Å². The van der Waals surface area contributed by atoms with Gasteiger partial charge in [0, 0.05) is 11.5 Å². The number of carbonyl (C=O) groups is 2. The van der Waals surface area contributed by atoms with Crippen LogP contribution in [0.15, 0.2) is 20.9 Å². The van der Waals surface area contributed by atoms with Gasteiger partial charge in [0.1, 0.15) is 17.1 Å². The van der Waals surface area contributed by atoms with Crippen LogP contribution in [0.3, 0.4) is 0 Å². The van der Waals surface area contributed by atoms with Crippen LogP contribution in [0.1, 0.15) is 19.2 Å². The van der Waals surface area contributed by atoms with Crippen molar-refractivity contribution < 1.29 is 32.1 Å². The van der Waals surface area contributed by atoms with Gasteiger partial charge in [-0.15, -0.1) is 22.0 Å². The zero-order valence-electron chi connectivity index (χ0n) is 14.9. The van der Waals surface area contributed by atoms with Crippen molar-refractivity contribution >= 4 is 62.7 Å². The van der Waals surface area contributed by atoms with Gasteiger partial charge in [-0.05, 0) is 12.0 Å². The second-order valence-corrected chi connectivity index (χ2v) is 10.0. The highest BCUT2D eigenvalue weighted by atomic mass is 32.2.